The molecule has 4 rings (SSSR count). The zero-order valence-electron chi connectivity index (χ0n) is 15.6. The van der Waals surface area contributed by atoms with Crippen LogP contribution in [0.2, 0.25) is 10.0 Å². The standard InChI is InChI=1S/C21H12Cl2FN5O2/c22-15-9-13(2-1-12(15)11-30)28-20-21-27-10-16(29(21)7-6-26-20)14-3-4-17(31-8-5-25)19(24)18(14)23/h1-4,6-7,9-11H,8H2,(H,26,28). The lowest BCUT2D eigenvalue weighted by Crippen LogP contribution is -2.00. The highest BCUT2D eigenvalue weighted by molar-refractivity contribution is 6.33. The molecule has 0 unspecified atom stereocenters. The molecule has 1 N–H and O–H groups in total. The van der Waals surface area contributed by atoms with Gasteiger partial charge in [0.1, 0.15) is 6.07 Å². The molecule has 0 saturated carbocycles. The van der Waals surface area contributed by atoms with Crippen LogP contribution in [0, 0.1) is 17.1 Å². The van der Waals surface area contributed by atoms with Crippen molar-refractivity contribution in [2.45, 2.75) is 0 Å². The van der Waals surface area contributed by atoms with Crippen LogP contribution >= 0.6 is 23.2 Å². The number of aromatic nitrogens is 3. The average molecular weight is 456 g/mol. The fourth-order valence-corrected chi connectivity index (χ4v) is 3.47. The van der Waals surface area contributed by atoms with Gasteiger partial charge in [-0.3, -0.25) is 9.20 Å². The van der Waals surface area contributed by atoms with Crippen molar-refractivity contribution in [2.75, 3.05) is 11.9 Å². The van der Waals surface area contributed by atoms with E-state index in [1.165, 1.54) is 6.07 Å². The van der Waals surface area contributed by atoms with Crippen LogP contribution in [0.1, 0.15) is 10.4 Å². The van der Waals surface area contributed by atoms with E-state index in [2.05, 4.69) is 15.3 Å². The van der Waals surface area contributed by atoms with E-state index in [1.54, 1.807) is 53.3 Å². The third-order valence-corrected chi connectivity index (χ3v) is 5.13. The maximum atomic E-state index is 14.6. The summed E-state index contributed by atoms with van der Waals surface area (Å²) in [6.45, 7) is -0.291. The molecule has 7 nitrogen and oxygen atoms in total. The number of anilines is 2. The van der Waals surface area contributed by atoms with Crippen LogP contribution in [0.25, 0.3) is 16.9 Å². The van der Waals surface area contributed by atoms with Crippen LogP contribution in [0.4, 0.5) is 15.9 Å². The molecular weight excluding hydrogens is 444 g/mol. The lowest BCUT2D eigenvalue weighted by molar-refractivity contribution is 0.112. The number of benzene rings is 2. The van der Waals surface area contributed by atoms with E-state index in [-0.39, 0.29) is 17.4 Å². The van der Waals surface area contributed by atoms with Crippen LogP contribution in [0.15, 0.2) is 48.9 Å². The minimum Gasteiger partial charge on any atom is -0.476 e. The van der Waals surface area contributed by atoms with Crippen LogP contribution in [-0.4, -0.2) is 27.3 Å². The van der Waals surface area contributed by atoms with Gasteiger partial charge in [0.15, 0.2) is 35.9 Å². The number of fused-ring (bicyclic) bond motifs is 1. The number of nitrogens with zero attached hydrogens (tertiary/aromatic N) is 4. The number of carbonyl (C=O) groups is 1. The summed E-state index contributed by atoms with van der Waals surface area (Å²) in [5.41, 5.74) is 2.38. The Hall–Kier alpha value is -3.67. The van der Waals surface area contributed by atoms with Gasteiger partial charge in [0.05, 0.1) is 21.9 Å². The second kappa shape index (κ2) is 8.60. The molecule has 0 saturated heterocycles. The van der Waals surface area contributed by atoms with Crippen molar-refractivity contribution in [1.29, 1.82) is 5.26 Å². The van der Waals surface area contributed by atoms with E-state index in [0.717, 1.165) is 0 Å². The van der Waals surface area contributed by atoms with Crippen molar-refractivity contribution in [1.82, 2.24) is 14.4 Å². The van der Waals surface area contributed by atoms with E-state index in [1.807, 2.05) is 0 Å². The van der Waals surface area contributed by atoms with Crippen LogP contribution in [-0.2, 0) is 0 Å². The molecule has 2 aromatic heterocycles. The highest BCUT2D eigenvalue weighted by Gasteiger charge is 2.18. The number of hydrogen-bond donors (Lipinski definition) is 1. The molecule has 31 heavy (non-hydrogen) atoms. The summed E-state index contributed by atoms with van der Waals surface area (Å²) in [5.74, 6) is -0.445. The molecule has 0 fully saturated rings. The number of halogens is 3. The number of ether oxygens (including phenoxy) is 1. The van der Waals surface area contributed by atoms with Crippen molar-refractivity contribution in [2.24, 2.45) is 0 Å². The summed E-state index contributed by atoms with van der Waals surface area (Å²) in [7, 11) is 0. The van der Waals surface area contributed by atoms with Gasteiger partial charge in [-0.05, 0) is 30.3 Å². The van der Waals surface area contributed by atoms with Crippen molar-refractivity contribution >= 4 is 46.6 Å². The maximum absolute atomic E-state index is 14.6. The summed E-state index contributed by atoms with van der Waals surface area (Å²) in [6.07, 6.45) is 5.43. The normalized spacial score (nSPS) is 10.6. The van der Waals surface area contributed by atoms with Gasteiger partial charge in [-0.2, -0.15) is 5.26 Å². The first-order valence-electron chi connectivity index (χ1n) is 8.85. The number of rotatable bonds is 6. The Morgan fingerprint density at radius 1 is 1.26 bits per heavy atom. The smallest absolute Gasteiger partial charge is 0.184 e. The first kappa shape index (κ1) is 20.6. The second-order valence-corrected chi connectivity index (χ2v) is 7.06. The van der Waals surface area contributed by atoms with E-state index < -0.39 is 5.82 Å². The first-order chi connectivity index (χ1) is 15.0. The Morgan fingerprint density at radius 2 is 2.10 bits per heavy atom. The summed E-state index contributed by atoms with van der Waals surface area (Å²) in [4.78, 5) is 19.6. The number of imidazole rings is 1. The molecule has 0 amide bonds. The molecule has 2 heterocycles. The highest BCUT2D eigenvalue weighted by atomic mass is 35.5. The molecule has 4 aromatic rings. The minimum absolute atomic E-state index is 0.108. The first-order valence-corrected chi connectivity index (χ1v) is 9.61. The molecule has 154 valence electrons. The monoisotopic (exact) mass is 455 g/mol. The van der Waals surface area contributed by atoms with Crippen LogP contribution in [0.3, 0.4) is 0 Å². The van der Waals surface area contributed by atoms with Gasteiger partial charge in [0, 0.05) is 29.2 Å². The SMILES string of the molecule is N#CCOc1ccc(-c2cnc3c(Nc4ccc(C=O)c(Cl)c4)nccn23)c(Cl)c1F. The van der Waals surface area contributed by atoms with E-state index in [9.17, 15) is 9.18 Å². The van der Waals surface area contributed by atoms with Gasteiger partial charge in [-0.25, -0.2) is 14.4 Å². The molecule has 0 bridgehead atoms. The number of nitrogens with one attached hydrogen (secondary N) is 1. The summed E-state index contributed by atoms with van der Waals surface area (Å²) < 4.78 is 21.3. The fourth-order valence-electron chi connectivity index (χ4n) is 2.99. The zero-order chi connectivity index (χ0) is 22.0. The largest absolute Gasteiger partial charge is 0.476 e. The van der Waals surface area contributed by atoms with Crippen LogP contribution < -0.4 is 10.1 Å². The number of carbonyl (C=O) groups excluding carboxylic acids is 1. The Balaban J connectivity index is 1.73. The van der Waals surface area contributed by atoms with E-state index in [0.29, 0.717) is 45.3 Å². The number of hydrogen-bond acceptors (Lipinski definition) is 6. The second-order valence-electron chi connectivity index (χ2n) is 6.28. The predicted molar refractivity (Wildman–Crippen MR) is 115 cm³/mol. The predicted octanol–water partition coefficient (Wildman–Crippen LogP) is 5.30. The van der Waals surface area contributed by atoms with Gasteiger partial charge in [-0.15, -0.1) is 0 Å². The van der Waals surface area contributed by atoms with Gasteiger partial charge >= 0.3 is 0 Å². The fraction of sp³-hybridized carbons (Fsp3) is 0.0476. The summed E-state index contributed by atoms with van der Waals surface area (Å²) >= 11 is 12.3. The third kappa shape index (κ3) is 3.89. The van der Waals surface area contributed by atoms with Crippen molar-refractivity contribution in [3.8, 4) is 23.1 Å². The quantitative estimate of drug-likeness (QED) is 0.396. The maximum Gasteiger partial charge on any atom is 0.184 e. The zero-order valence-corrected chi connectivity index (χ0v) is 17.2. The Labute approximate surface area is 185 Å². The van der Waals surface area contributed by atoms with Gasteiger partial charge in [-0.1, -0.05) is 23.2 Å². The van der Waals surface area contributed by atoms with E-state index in [4.69, 9.17) is 33.2 Å². The van der Waals surface area contributed by atoms with Gasteiger partial charge < -0.3 is 10.1 Å². The lowest BCUT2D eigenvalue weighted by Gasteiger charge is -2.11. The van der Waals surface area contributed by atoms with Crippen molar-refractivity contribution < 1.29 is 13.9 Å². The molecule has 0 aliphatic rings. The molecule has 0 radical (unpaired) electrons. The van der Waals surface area contributed by atoms with Crippen molar-refractivity contribution in [3.63, 3.8) is 0 Å². The number of nitriles is 1. The van der Waals surface area contributed by atoms with Crippen molar-refractivity contribution in [3.05, 3.63) is 70.3 Å². The molecule has 0 spiro atoms. The van der Waals surface area contributed by atoms with Crippen LogP contribution in [0.5, 0.6) is 5.75 Å². The molecule has 2 aromatic carbocycles. The van der Waals surface area contributed by atoms with Gasteiger partial charge in [0.2, 0.25) is 0 Å². The van der Waals surface area contributed by atoms with E-state index >= 15 is 0 Å². The summed E-state index contributed by atoms with van der Waals surface area (Å²) in [6, 6.07) is 9.66. The Bertz CT molecular complexity index is 1350. The summed E-state index contributed by atoms with van der Waals surface area (Å²) in [5, 5.41) is 11.9. The average Bonchev–Trinajstić information content (AvgIpc) is 3.20. The molecular formula is C21H12Cl2FN5O2. The highest BCUT2D eigenvalue weighted by Crippen LogP contribution is 2.36. The lowest BCUT2D eigenvalue weighted by atomic mass is 10.1. The Morgan fingerprint density at radius 3 is 2.84 bits per heavy atom. The third-order valence-electron chi connectivity index (χ3n) is 4.43. The molecule has 0 aliphatic heterocycles. The molecule has 10 heteroatoms. The molecule has 0 aliphatic carbocycles. The number of aldehydes is 1. The Kier molecular flexibility index (Phi) is 5.71. The molecule has 0 atom stereocenters. The minimum atomic E-state index is -0.762. The van der Waals surface area contributed by atoms with Gasteiger partial charge in [0.25, 0.3) is 0 Å². The topological polar surface area (TPSA) is 92.3 Å².